The molecule has 1 amide bonds. The number of carbonyl (C=O) groups excluding carboxylic acids is 1. The summed E-state index contributed by atoms with van der Waals surface area (Å²) in [7, 11) is -3.54. The summed E-state index contributed by atoms with van der Waals surface area (Å²) in [6.07, 6.45) is 3.37. The lowest BCUT2D eigenvalue weighted by molar-refractivity contribution is -0.128. The van der Waals surface area contributed by atoms with Crippen LogP contribution in [0.3, 0.4) is 0 Å². The molecule has 0 saturated heterocycles. The minimum Gasteiger partial charge on any atom is -0.382 e. The van der Waals surface area contributed by atoms with E-state index >= 15 is 0 Å². The average Bonchev–Trinajstić information content (AvgIpc) is 2.66. The summed E-state index contributed by atoms with van der Waals surface area (Å²) in [5.41, 5.74) is 1.86. The van der Waals surface area contributed by atoms with Gasteiger partial charge in [-0.2, -0.15) is 8.42 Å². The number of amides is 1. The summed E-state index contributed by atoms with van der Waals surface area (Å²) < 4.78 is 28.0. The zero-order valence-electron chi connectivity index (χ0n) is 15.8. The Kier molecular flexibility index (Phi) is 7.19. The van der Waals surface area contributed by atoms with Crippen LogP contribution in [0.5, 0.6) is 5.75 Å². The van der Waals surface area contributed by atoms with Crippen molar-refractivity contribution in [1.29, 1.82) is 0 Å². The van der Waals surface area contributed by atoms with Crippen LogP contribution in [0.1, 0.15) is 31.9 Å². The summed E-state index contributed by atoms with van der Waals surface area (Å²) in [6.45, 7) is 5.87. The van der Waals surface area contributed by atoms with Crippen LogP contribution >= 0.6 is 0 Å². The number of hydrogen-bond acceptors (Lipinski definition) is 4. The van der Waals surface area contributed by atoms with Gasteiger partial charge in [0, 0.05) is 18.7 Å². The molecule has 0 bridgehead atoms. The fourth-order valence-corrected chi connectivity index (χ4v) is 2.92. The van der Waals surface area contributed by atoms with Crippen LogP contribution in [0, 0.1) is 0 Å². The van der Waals surface area contributed by atoms with Gasteiger partial charge in [0.1, 0.15) is 5.75 Å². The molecule has 0 heterocycles. The third-order valence-electron chi connectivity index (χ3n) is 3.98. The van der Waals surface area contributed by atoms with Crippen LogP contribution < -0.4 is 4.18 Å². The van der Waals surface area contributed by atoms with Crippen LogP contribution in [0.4, 0.5) is 0 Å². The Bertz CT molecular complexity index is 872. The number of rotatable bonds is 8. The van der Waals surface area contributed by atoms with Crippen LogP contribution in [0.15, 0.2) is 60.7 Å². The van der Waals surface area contributed by atoms with Gasteiger partial charge in [0.2, 0.25) is 5.91 Å². The second kappa shape index (κ2) is 9.37. The van der Waals surface area contributed by atoms with Gasteiger partial charge in [-0.25, -0.2) is 0 Å². The van der Waals surface area contributed by atoms with Gasteiger partial charge in [-0.15, -0.1) is 0 Å². The molecule has 0 fully saturated rings. The fourth-order valence-electron chi connectivity index (χ4n) is 2.40. The molecule has 2 rings (SSSR count). The first-order valence-electron chi connectivity index (χ1n) is 8.85. The molecular formula is C21H25NO4S. The first-order chi connectivity index (χ1) is 12.8. The van der Waals surface area contributed by atoms with E-state index in [-0.39, 0.29) is 23.5 Å². The van der Waals surface area contributed by atoms with E-state index in [1.807, 2.05) is 44.2 Å². The van der Waals surface area contributed by atoms with Gasteiger partial charge in [-0.3, -0.25) is 4.79 Å². The second-order valence-corrected chi connectivity index (χ2v) is 8.24. The van der Waals surface area contributed by atoms with E-state index < -0.39 is 10.1 Å². The quantitative estimate of drug-likeness (QED) is 0.510. The first-order valence-corrected chi connectivity index (χ1v) is 10.4. The average molecular weight is 388 g/mol. The highest BCUT2D eigenvalue weighted by molar-refractivity contribution is 7.87. The summed E-state index contributed by atoms with van der Waals surface area (Å²) in [6, 6.07) is 16.4. The molecule has 6 heteroatoms. The molecule has 0 aliphatic heterocycles. The minimum atomic E-state index is -3.54. The van der Waals surface area contributed by atoms with Crippen molar-refractivity contribution in [1.82, 2.24) is 4.90 Å². The summed E-state index contributed by atoms with van der Waals surface area (Å²) in [5.74, 6) is 0.104. The molecule has 0 saturated carbocycles. The molecule has 144 valence electrons. The maximum Gasteiger partial charge on any atom is 0.308 e. The lowest BCUT2D eigenvalue weighted by atomic mass is 10.1. The molecule has 0 aromatic heterocycles. The van der Waals surface area contributed by atoms with Crippen LogP contribution in [-0.4, -0.2) is 31.0 Å². The SMILES string of the molecule is CCS(=O)(=O)Oc1ccc(CN(C(=O)C=Cc2ccccc2)C(C)C)cc1. The first kappa shape index (κ1) is 20.7. The van der Waals surface area contributed by atoms with E-state index in [1.54, 1.807) is 41.3 Å². The number of hydrogen-bond donors (Lipinski definition) is 0. The molecule has 0 spiro atoms. The number of carbonyl (C=O) groups is 1. The third-order valence-corrected chi connectivity index (χ3v) is 5.13. The third kappa shape index (κ3) is 6.57. The van der Waals surface area contributed by atoms with Crippen molar-refractivity contribution in [3.8, 4) is 5.75 Å². The van der Waals surface area contributed by atoms with Gasteiger partial charge in [0.25, 0.3) is 0 Å². The van der Waals surface area contributed by atoms with Crippen molar-refractivity contribution < 1.29 is 17.4 Å². The molecule has 0 aliphatic carbocycles. The topological polar surface area (TPSA) is 63.7 Å². The number of benzene rings is 2. The Hall–Kier alpha value is -2.60. The molecule has 0 radical (unpaired) electrons. The molecule has 5 nitrogen and oxygen atoms in total. The van der Waals surface area contributed by atoms with Gasteiger partial charge < -0.3 is 9.08 Å². The normalized spacial score (nSPS) is 11.7. The fraction of sp³-hybridized carbons (Fsp3) is 0.286. The number of nitrogens with zero attached hydrogens (tertiary/aromatic N) is 1. The van der Waals surface area contributed by atoms with Crippen molar-refractivity contribution in [2.45, 2.75) is 33.4 Å². The van der Waals surface area contributed by atoms with Crippen LogP contribution in [-0.2, 0) is 21.5 Å². The smallest absolute Gasteiger partial charge is 0.308 e. The molecule has 2 aromatic rings. The molecule has 2 aromatic carbocycles. The van der Waals surface area contributed by atoms with Crippen molar-refractivity contribution in [3.05, 3.63) is 71.8 Å². The van der Waals surface area contributed by atoms with Crippen LogP contribution in [0.25, 0.3) is 6.08 Å². The predicted molar refractivity (Wildman–Crippen MR) is 108 cm³/mol. The lowest BCUT2D eigenvalue weighted by Crippen LogP contribution is -2.35. The van der Waals surface area contributed by atoms with E-state index in [0.29, 0.717) is 6.54 Å². The highest BCUT2D eigenvalue weighted by Gasteiger charge is 2.15. The monoisotopic (exact) mass is 387 g/mol. The maximum absolute atomic E-state index is 12.6. The van der Waals surface area contributed by atoms with Gasteiger partial charge >= 0.3 is 10.1 Å². The largest absolute Gasteiger partial charge is 0.382 e. The highest BCUT2D eigenvalue weighted by Crippen LogP contribution is 2.17. The van der Waals surface area contributed by atoms with Crippen molar-refractivity contribution in [3.63, 3.8) is 0 Å². The van der Waals surface area contributed by atoms with E-state index in [0.717, 1.165) is 11.1 Å². The highest BCUT2D eigenvalue weighted by atomic mass is 32.2. The molecule has 0 atom stereocenters. The molecule has 0 aliphatic rings. The minimum absolute atomic E-state index is 0.0225. The van der Waals surface area contributed by atoms with Gasteiger partial charge in [-0.05, 0) is 50.1 Å². The zero-order chi connectivity index (χ0) is 19.9. The Balaban J connectivity index is 2.07. The van der Waals surface area contributed by atoms with Crippen LogP contribution in [0.2, 0.25) is 0 Å². The lowest BCUT2D eigenvalue weighted by Gasteiger charge is -2.25. The summed E-state index contributed by atoms with van der Waals surface area (Å²) in [5, 5.41) is 0. The van der Waals surface area contributed by atoms with Crippen molar-refractivity contribution in [2.24, 2.45) is 0 Å². The van der Waals surface area contributed by atoms with Crippen molar-refractivity contribution >= 4 is 22.1 Å². The van der Waals surface area contributed by atoms with Gasteiger partial charge in [0.05, 0.1) is 5.75 Å². The van der Waals surface area contributed by atoms with Gasteiger partial charge in [-0.1, -0.05) is 42.5 Å². The molecule has 0 unspecified atom stereocenters. The predicted octanol–water partition coefficient (Wildman–Crippen LogP) is 3.87. The molecule has 27 heavy (non-hydrogen) atoms. The Labute approximate surface area is 161 Å². The van der Waals surface area contributed by atoms with E-state index in [9.17, 15) is 13.2 Å². The van der Waals surface area contributed by atoms with Gasteiger partial charge in [0.15, 0.2) is 0 Å². The molecule has 0 N–H and O–H groups in total. The second-order valence-electron chi connectivity index (χ2n) is 6.38. The van der Waals surface area contributed by atoms with Crippen molar-refractivity contribution in [2.75, 3.05) is 5.75 Å². The molecular weight excluding hydrogens is 362 g/mol. The van der Waals surface area contributed by atoms with E-state index in [4.69, 9.17) is 4.18 Å². The maximum atomic E-state index is 12.6. The van der Waals surface area contributed by atoms with E-state index in [2.05, 4.69) is 0 Å². The zero-order valence-corrected chi connectivity index (χ0v) is 16.6. The summed E-state index contributed by atoms with van der Waals surface area (Å²) >= 11 is 0. The Morgan fingerprint density at radius 1 is 1.07 bits per heavy atom. The van der Waals surface area contributed by atoms with E-state index in [1.165, 1.54) is 6.92 Å². The Morgan fingerprint density at radius 3 is 2.26 bits per heavy atom. The summed E-state index contributed by atoms with van der Waals surface area (Å²) in [4.78, 5) is 14.3. The Morgan fingerprint density at radius 2 is 1.70 bits per heavy atom. The standard InChI is InChI=1S/C21H25NO4S/c1-4-27(24,25)26-20-13-10-19(11-14-20)16-22(17(2)3)21(23)15-12-18-8-6-5-7-9-18/h5-15,17H,4,16H2,1-3H3.